The standard InChI is InChI=1S/C51H32N4/c52-33-34-24-26-35(27-25-34)44-32-46-47(42-21-11-10-20-41(42)44)43-22-12-13-23-45(43)51(46,39-18-8-3-9-19-39)40-30-28-38(29-31-40)50-54-48(36-14-4-1-5-15-36)53-49(55-50)37-16-6-2-7-17-37/h1-32H. The second-order valence-corrected chi connectivity index (χ2v) is 13.9. The van der Waals surface area contributed by atoms with E-state index in [9.17, 15) is 5.26 Å². The van der Waals surface area contributed by atoms with Crippen molar-refractivity contribution in [2.24, 2.45) is 0 Å². The van der Waals surface area contributed by atoms with E-state index < -0.39 is 5.41 Å². The minimum atomic E-state index is -0.624. The van der Waals surface area contributed by atoms with Crippen LogP contribution in [0.2, 0.25) is 0 Å². The van der Waals surface area contributed by atoms with E-state index in [1.165, 1.54) is 38.6 Å². The van der Waals surface area contributed by atoms with Gasteiger partial charge in [-0.1, -0.05) is 176 Å². The number of hydrogen-bond acceptors (Lipinski definition) is 4. The fraction of sp³-hybridized carbons (Fsp3) is 0.0196. The van der Waals surface area contributed by atoms with Crippen molar-refractivity contribution in [3.63, 3.8) is 0 Å². The van der Waals surface area contributed by atoms with Gasteiger partial charge in [0, 0.05) is 16.7 Å². The van der Waals surface area contributed by atoms with Crippen molar-refractivity contribution in [2.75, 3.05) is 0 Å². The van der Waals surface area contributed by atoms with Crippen LogP contribution in [0.5, 0.6) is 0 Å². The minimum absolute atomic E-state index is 0.620. The molecule has 0 saturated carbocycles. The summed E-state index contributed by atoms with van der Waals surface area (Å²) >= 11 is 0. The van der Waals surface area contributed by atoms with Crippen molar-refractivity contribution >= 4 is 10.8 Å². The lowest BCUT2D eigenvalue weighted by Gasteiger charge is -2.34. The van der Waals surface area contributed by atoms with Gasteiger partial charge in [0.2, 0.25) is 0 Å². The molecule has 9 aromatic rings. The van der Waals surface area contributed by atoms with Gasteiger partial charge in [-0.15, -0.1) is 0 Å². The zero-order valence-corrected chi connectivity index (χ0v) is 29.8. The highest BCUT2D eigenvalue weighted by atomic mass is 15.0. The van der Waals surface area contributed by atoms with Crippen molar-refractivity contribution in [2.45, 2.75) is 5.41 Å². The number of nitrogens with zero attached hydrogens (tertiary/aromatic N) is 4. The number of hydrogen-bond donors (Lipinski definition) is 0. The molecule has 55 heavy (non-hydrogen) atoms. The van der Waals surface area contributed by atoms with Crippen molar-refractivity contribution in [1.82, 2.24) is 15.0 Å². The molecule has 0 aliphatic heterocycles. The van der Waals surface area contributed by atoms with E-state index in [-0.39, 0.29) is 0 Å². The van der Waals surface area contributed by atoms with Crippen LogP contribution in [0, 0.1) is 11.3 Å². The smallest absolute Gasteiger partial charge is 0.164 e. The molecular formula is C51H32N4. The van der Waals surface area contributed by atoms with E-state index in [2.05, 4.69) is 127 Å². The Morgan fingerprint density at radius 1 is 0.382 bits per heavy atom. The summed E-state index contributed by atoms with van der Waals surface area (Å²) in [5.74, 6) is 1.89. The Hall–Kier alpha value is -7.48. The fourth-order valence-electron chi connectivity index (χ4n) is 8.38. The van der Waals surface area contributed by atoms with Crippen LogP contribution in [0.15, 0.2) is 194 Å². The lowest BCUT2D eigenvalue weighted by Crippen LogP contribution is -2.28. The summed E-state index contributed by atoms with van der Waals surface area (Å²) in [6, 6.07) is 70.0. The molecule has 0 N–H and O–H groups in total. The molecule has 4 nitrogen and oxygen atoms in total. The molecule has 0 radical (unpaired) electrons. The monoisotopic (exact) mass is 700 g/mol. The third-order valence-electron chi connectivity index (χ3n) is 10.9. The molecule has 1 unspecified atom stereocenters. The molecule has 0 fully saturated rings. The van der Waals surface area contributed by atoms with Gasteiger partial charge < -0.3 is 0 Å². The average molecular weight is 701 g/mol. The van der Waals surface area contributed by atoms with Crippen LogP contribution >= 0.6 is 0 Å². The second kappa shape index (κ2) is 13.2. The van der Waals surface area contributed by atoms with Gasteiger partial charge in [0.1, 0.15) is 0 Å². The summed E-state index contributed by atoms with van der Waals surface area (Å²) in [7, 11) is 0. The van der Waals surface area contributed by atoms with Crippen LogP contribution in [-0.2, 0) is 5.41 Å². The van der Waals surface area contributed by atoms with Gasteiger partial charge in [0.15, 0.2) is 17.5 Å². The quantitative estimate of drug-likeness (QED) is 0.173. The van der Waals surface area contributed by atoms with E-state index in [4.69, 9.17) is 15.0 Å². The first-order valence-electron chi connectivity index (χ1n) is 18.4. The maximum absolute atomic E-state index is 9.58. The lowest BCUT2D eigenvalue weighted by atomic mass is 9.67. The predicted octanol–water partition coefficient (Wildman–Crippen LogP) is 11.9. The van der Waals surface area contributed by atoms with Gasteiger partial charge in [-0.3, -0.25) is 0 Å². The highest BCUT2D eigenvalue weighted by Crippen LogP contribution is 2.59. The maximum atomic E-state index is 9.58. The summed E-state index contributed by atoms with van der Waals surface area (Å²) in [4.78, 5) is 15.0. The maximum Gasteiger partial charge on any atom is 0.164 e. The molecule has 0 bridgehead atoms. The molecule has 1 aromatic heterocycles. The minimum Gasteiger partial charge on any atom is -0.208 e. The third kappa shape index (κ3) is 5.25. The van der Waals surface area contributed by atoms with Crippen LogP contribution in [0.3, 0.4) is 0 Å². The van der Waals surface area contributed by atoms with Gasteiger partial charge in [-0.05, 0) is 73.5 Å². The van der Waals surface area contributed by atoms with Crippen LogP contribution in [0.25, 0.3) is 67.2 Å². The van der Waals surface area contributed by atoms with Gasteiger partial charge in [0.25, 0.3) is 0 Å². The molecule has 1 aliphatic rings. The van der Waals surface area contributed by atoms with E-state index in [0.717, 1.165) is 33.4 Å². The molecule has 1 aliphatic carbocycles. The third-order valence-corrected chi connectivity index (χ3v) is 10.9. The molecule has 4 heteroatoms. The summed E-state index contributed by atoms with van der Waals surface area (Å²) < 4.78 is 0. The molecular weight excluding hydrogens is 669 g/mol. The predicted molar refractivity (Wildman–Crippen MR) is 221 cm³/mol. The van der Waals surface area contributed by atoms with Gasteiger partial charge >= 0.3 is 0 Å². The first-order chi connectivity index (χ1) is 27.2. The summed E-state index contributed by atoms with van der Waals surface area (Å²) in [6.45, 7) is 0. The molecule has 1 heterocycles. The molecule has 1 atom stereocenters. The van der Waals surface area contributed by atoms with E-state index >= 15 is 0 Å². The first kappa shape index (κ1) is 32.2. The highest BCUT2D eigenvalue weighted by molar-refractivity contribution is 6.10. The Morgan fingerprint density at radius 2 is 0.855 bits per heavy atom. The van der Waals surface area contributed by atoms with Crippen LogP contribution in [0.1, 0.15) is 27.8 Å². The van der Waals surface area contributed by atoms with E-state index in [0.29, 0.717) is 23.0 Å². The Balaban J connectivity index is 1.22. The van der Waals surface area contributed by atoms with Gasteiger partial charge in [-0.25, -0.2) is 15.0 Å². The van der Waals surface area contributed by atoms with Crippen LogP contribution in [-0.4, -0.2) is 15.0 Å². The summed E-state index contributed by atoms with van der Waals surface area (Å²) in [5.41, 5.74) is 12.3. The molecule has 10 rings (SSSR count). The number of aromatic nitrogens is 3. The second-order valence-electron chi connectivity index (χ2n) is 13.9. The first-order valence-corrected chi connectivity index (χ1v) is 18.4. The fourth-order valence-corrected chi connectivity index (χ4v) is 8.38. The summed E-state index contributed by atoms with van der Waals surface area (Å²) in [5, 5.41) is 12.0. The molecule has 0 amide bonds. The zero-order valence-electron chi connectivity index (χ0n) is 29.8. The molecule has 8 aromatic carbocycles. The number of rotatable bonds is 6. The Labute approximate surface area is 319 Å². The molecule has 0 saturated heterocycles. The van der Waals surface area contributed by atoms with Crippen molar-refractivity contribution in [3.05, 3.63) is 222 Å². The summed E-state index contributed by atoms with van der Waals surface area (Å²) in [6.07, 6.45) is 0. The normalized spacial score (nSPS) is 14.2. The highest BCUT2D eigenvalue weighted by Gasteiger charge is 2.47. The topological polar surface area (TPSA) is 62.5 Å². The molecule has 256 valence electrons. The Morgan fingerprint density at radius 3 is 1.45 bits per heavy atom. The van der Waals surface area contributed by atoms with Crippen molar-refractivity contribution in [1.29, 1.82) is 5.26 Å². The van der Waals surface area contributed by atoms with E-state index in [1.807, 2.05) is 72.8 Å². The van der Waals surface area contributed by atoms with Crippen molar-refractivity contribution in [3.8, 4) is 62.5 Å². The zero-order chi connectivity index (χ0) is 36.8. The Bertz CT molecular complexity index is 2840. The Kier molecular flexibility index (Phi) is 7.71. The number of nitriles is 1. The van der Waals surface area contributed by atoms with Crippen LogP contribution in [0.4, 0.5) is 0 Å². The number of benzene rings is 8. The van der Waals surface area contributed by atoms with Crippen LogP contribution < -0.4 is 0 Å². The van der Waals surface area contributed by atoms with Gasteiger partial charge in [0.05, 0.1) is 17.0 Å². The SMILES string of the molecule is N#Cc1ccc(-c2cc3c(c4ccccc24)-c2ccccc2C3(c2ccccc2)c2ccc(-c3nc(-c4ccccc4)nc(-c4ccccc4)n3)cc2)cc1. The van der Waals surface area contributed by atoms with Gasteiger partial charge in [-0.2, -0.15) is 5.26 Å². The largest absolute Gasteiger partial charge is 0.208 e. The lowest BCUT2D eigenvalue weighted by molar-refractivity contribution is 0.769. The molecule has 0 spiro atoms. The number of fused-ring (bicyclic) bond motifs is 5. The average Bonchev–Trinajstić information content (AvgIpc) is 3.58. The van der Waals surface area contributed by atoms with Crippen molar-refractivity contribution < 1.29 is 0 Å². The van der Waals surface area contributed by atoms with E-state index in [1.54, 1.807) is 0 Å².